The van der Waals surface area contributed by atoms with Crippen molar-refractivity contribution in [3.8, 4) is 0 Å². The Labute approximate surface area is 49.2 Å². The van der Waals surface area contributed by atoms with E-state index in [1.54, 1.807) is 6.92 Å². The van der Waals surface area contributed by atoms with E-state index in [-0.39, 0.29) is 0 Å². The Bertz CT molecular complexity index is 60.7. The van der Waals surface area contributed by atoms with Crippen molar-refractivity contribution in [1.82, 2.24) is 0 Å². The molecule has 0 aromatic carbocycles. The van der Waals surface area contributed by atoms with Crippen molar-refractivity contribution in [2.75, 3.05) is 13.7 Å². The van der Waals surface area contributed by atoms with Crippen LogP contribution < -0.4 is 0 Å². The predicted molar refractivity (Wildman–Crippen MR) is 28.9 cm³/mol. The van der Waals surface area contributed by atoms with Crippen molar-refractivity contribution in [1.29, 1.82) is 0 Å². The molecule has 0 aromatic rings. The van der Waals surface area contributed by atoms with Crippen LogP contribution in [0.25, 0.3) is 0 Å². The lowest BCUT2D eigenvalue weighted by molar-refractivity contribution is -0.317. The third-order valence-corrected chi connectivity index (χ3v) is 0.689. The van der Waals surface area contributed by atoms with Gasteiger partial charge in [0.25, 0.3) is 5.97 Å². The summed E-state index contributed by atoms with van der Waals surface area (Å²) >= 11 is 0. The summed E-state index contributed by atoms with van der Waals surface area (Å²) < 4.78 is 9.00. The fourth-order valence-electron chi connectivity index (χ4n) is 0.284. The first-order chi connectivity index (χ1) is 3.62. The molecule has 8 heavy (non-hydrogen) atoms. The van der Waals surface area contributed by atoms with E-state index in [4.69, 9.17) is 5.11 Å². The van der Waals surface area contributed by atoms with Gasteiger partial charge in [-0.05, 0) is 6.92 Å². The number of ether oxygens (including phenoxy) is 2. The van der Waals surface area contributed by atoms with E-state index < -0.39 is 5.97 Å². The molecule has 0 spiro atoms. The van der Waals surface area contributed by atoms with Gasteiger partial charge in [0.2, 0.25) is 0 Å². The highest BCUT2D eigenvalue weighted by Gasteiger charge is 2.17. The molecule has 0 aromatic heterocycles. The van der Waals surface area contributed by atoms with E-state index >= 15 is 0 Å². The second kappa shape index (κ2) is 3.02. The van der Waals surface area contributed by atoms with Gasteiger partial charge in [0.15, 0.2) is 0 Å². The van der Waals surface area contributed by atoms with Crippen molar-refractivity contribution >= 4 is 0 Å². The smallest absolute Gasteiger partial charge is 0.280 e. The quantitative estimate of drug-likeness (QED) is 0.537. The zero-order chi connectivity index (χ0) is 6.62. The molecular formula is C5H11O3. The minimum Gasteiger partial charge on any atom is -0.343 e. The first-order valence-corrected chi connectivity index (χ1v) is 2.39. The van der Waals surface area contributed by atoms with E-state index in [2.05, 4.69) is 16.4 Å². The Kier molecular flexibility index (Phi) is 2.97. The maximum Gasteiger partial charge on any atom is 0.280 e. The molecule has 0 fully saturated rings. The third kappa shape index (κ3) is 2.96. The number of hydrogen-bond acceptors (Lipinski definition) is 3. The molecule has 3 heteroatoms. The summed E-state index contributed by atoms with van der Waals surface area (Å²) in [4.78, 5) is 0. The van der Waals surface area contributed by atoms with E-state index in [1.807, 2.05) is 0 Å². The van der Waals surface area contributed by atoms with Gasteiger partial charge in [-0.3, -0.25) is 0 Å². The highest BCUT2D eigenvalue weighted by Crippen LogP contribution is 2.02. The summed E-state index contributed by atoms with van der Waals surface area (Å²) in [6.45, 7) is 5.32. The summed E-state index contributed by atoms with van der Waals surface area (Å²) in [7, 11) is 1.32. The van der Waals surface area contributed by atoms with Gasteiger partial charge >= 0.3 is 0 Å². The average molecular weight is 119 g/mol. The highest BCUT2D eigenvalue weighted by molar-refractivity contribution is 4.52. The molecule has 0 rings (SSSR count). The minimum absolute atomic E-state index is 0.383. The predicted octanol–water partition coefficient (Wildman–Crippen LogP) is 0.149. The van der Waals surface area contributed by atoms with Crippen LogP contribution in [-0.2, 0) is 9.47 Å². The Balaban J connectivity index is 3.37. The summed E-state index contributed by atoms with van der Waals surface area (Å²) in [6.07, 6.45) is 0. The molecule has 0 aliphatic heterocycles. The van der Waals surface area contributed by atoms with Gasteiger partial charge in [0, 0.05) is 20.6 Å². The first kappa shape index (κ1) is 7.88. The summed E-state index contributed by atoms with van der Waals surface area (Å²) in [5.41, 5.74) is 0. The Morgan fingerprint density at radius 2 is 2.25 bits per heavy atom. The molecule has 0 aliphatic rings. The number of rotatable bonds is 3. The van der Waals surface area contributed by atoms with Crippen molar-refractivity contribution in [3.63, 3.8) is 0 Å². The molecule has 1 radical (unpaired) electrons. The van der Waals surface area contributed by atoms with Crippen LogP contribution in [0, 0.1) is 6.92 Å². The van der Waals surface area contributed by atoms with E-state index in [0.29, 0.717) is 6.61 Å². The van der Waals surface area contributed by atoms with Crippen molar-refractivity contribution in [2.24, 2.45) is 0 Å². The van der Waals surface area contributed by atoms with Crippen molar-refractivity contribution in [2.45, 2.75) is 12.9 Å². The fourth-order valence-corrected chi connectivity index (χ4v) is 0.284. The van der Waals surface area contributed by atoms with E-state index in [1.165, 1.54) is 7.11 Å². The van der Waals surface area contributed by atoms with E-state index in [0.717, 1.165) is 0 Å². The number of aliphatic hydroxyl groups is 1. The van der Waals surface area contributed by atoms with Crippen LogP contribution >= 0.6 is 0 Å². The summed E-state index contributed by atoms with van der Waals surface area (Å²) in [5, 5.41) is 8.77. The molecule has 1 N–H and O–H groups in total. The van der Waals surface area contributed by atoms with Crippen LogP contribution in [0.3, 0.4) is 0 Å². The maximum atomic E-state index is 8.77. The second-order valence-electron chi connectivity index (χ2n) is 1.35. The van der Waals surface area contributed by atoms with Gasteiger partial charge < -0.3 is 14.6 Å². The van der Waals surface area contributed by atoms with Crippen molar-refractivity contribution in [3.05, 3.63) is 6.92 Å². The lowest BCUT2D eigenvalue weighted by Crippen LogP contribution is -2.30. The normalized spacial score (nSPS) is 18.0. The largest absolute Gasteiger partial charge is 0.343 e. The molecule has 0 heterocycles. The molecule has 0 aliphatic carbocycles. The fraction of sp³-hybridized carbons (Fsp3) is 0.800. The second-order valence-corrected chi connectivity index (χ2v) is 1.35. The van der Waals surface area contributed by atoms with Crippen LogP contribution in [0.4, 0.5) is 0 Å². The lowest BCUT2D eigenvalue weighted by Gasteiger charge is -2.19. The van der Waals surface area contributed by atoms with Crippen LogP contribution in [0.2, 0.25) is 0 Å². The van der Waals surface area contributed by atoms with Crippen LogP contribution in [0.1, 0.15) is 6.92 Å². The van der Waals surface area contributed by atoms with Gasteiger partial charge in [-0.2, -0.15) is 0 Å². The monoisotopic (exact) mass is 119 g/mol. The highest BCUT2D eigenvalue weighted by atomic mass is 16.8. The average Bonchev–Trinajstić information content (AvgIpc) is 1.67. The Morgan fingerprint density at radius 1 is 1.75 bits per heavy atom. The molecule has 0 saturated carbocycles. The van der Waals surface area contributed by atoms with Crippen LogP contribution in [0.15, 0.2) is 0 Å². The molecule has 0 bridgehead atoms. The lowest BCUT2D eigenvalue weighted by atomic mass is 10.6. The topological polar surface area (TPSA) is 38.7 Å². The Morgan fingerprint density at radius 3 is 2.38 bits per heavy atom. The first-order valence-electron chi connectivity index (χ1n) is 2.39. The molecule has 1 unspecified atom stereocenters. The number of hydrogen-bond donors (Lipinski definition) is 1. The maximum absolute atomic E-state index is 8.77. The molecule has 1 atom stereocenters. The van der Waals surface area contributed by atoms with Gasteiger partial charge in [0.05, 0.1) is 0 Å². The van der Waals surface area contributed by atoms with Crippen molar-refractivity contribution < 1.29 is 14.6 Å². The standard InChI is InChI=1S/C5H11O3/c1-4-8-5(2,6)7-3/h6H,2,4H2,1,3H3. The molecular weight excluding hydrogens is 108 g/mol. The summed E-state index contributed by atoms with van der Waals surface area (Å²) in [5.74, 6) is -1.66. The van der Waals surface area contributed by atoms with Crippen LogP contribution in [-0.4, -0.2) is 24.8 Å². The molecule has 49 valence electrons. The van der Waals surface area contributed by atoms with Crippen LogP contribution in [0.5, 0.6) is 0 Å². The summed E-state index contributed by atoms with van der Waals surface area (Å²) in [6, 6.07) is 0. The number of methoxy groups -OCH3 is 1. The van der Waals surface area contributed by atoms with Gasteiger partial charge in [0.1, 0.15) is 0 Å². The molecule has 0 saturated heterocycles. The van der Waals surface area contributed by atoms with E-state index in [9.17, 15) is 0 Å². The molecule has 0 amide bonds. The third-order valence-electron chi connectivity index (χ3n) is 0.689. The van der Waals surface area contributed by atoms with Gasteiger partial charge in [-0.1, -0.05) is 0 Å². The Hall–Kier alpha value is -0.120. The molecule has 3 nitrogen and oxygen atoms in total. The van der Waals surface area contributed by atoms with Gasteiger partial charge in [-0.25, -0.2) is 0 Å². The zero-order valence-electron chi connectivity index (χ0n) is 5.18. The minimum atomic E-state index is -1.66. The SMILES string of the molecule is [CH2]C(O)(OC)OCC. The van der Waals surface area contributed by atoms with Gasteiger partial charge in [-0.15, -0.1) is 0 Å². The zero-order valence-corrected chi connectivity index (χ0v) is 5.18.